The van der Waals surface area contributed by atoms with Gasteiger partial charge in [-0.1, -0.05) is 48.5 Å². The molecule has 0 bridgehead atoms. The van der Waals surface area contributed by atoms with Gasteiger partial charge in [-0.25, -0.2) is 4.79 Å². The number of ketones is 1. The van der Waals surface area contributed by atoms with Crippen LogP contribution in [0.5, 0.6) is 0 Å². The number of imidazole rings is 1. The molecule has 8 heteroatoms. The van der Waals surface area contributed by atoms with Crippen molar-refractivity contribution < 1.29 is 9.59 Å². The van der Waals surface area contributed by atoms with Gasteiger partial charge in [0.15, 0.2) is 5.78 Å². The monoisotopic (exact) mass is 551 g/mol. The number of aromatic nitrogens is 2. The fourth-order valence-electron chi connectivity index (χ4n) is 6.61. The largest absolute Gasteiger partial charge is 0.339 e. The second-order valence-corrected chi connectivity index (χ2v) is 11.4. The number of hydrogen-bond donors (Lipinski definition) is 0. The van der Waals surface area contributed by atoms with Gasteiger partial charge < -0.3 is 14.7 Å². The van der Waals surface area contributed by atoms with Crippen LogP contribution in [0.15, 0.2) is 83.7 Å². The van der Waals surface area contributed by atoms with Crippen molar-refractivity contribution in [1.29, 1.82) is 0 Å². The molecule has 4 aromatic rings. The normalized spacial score (nSPS) is 17.2. The summed E-state index contributed by atoms with van der Waals surface area (Å²) < 4.78 is 3.59. The second kappa shape index (κ2) is 11.0. The number of carbonyl (C=O) groups is 2. The van der Waals surface area contributed by atoms with Crippen molar-refractivity contribution in [3.05, 3.63) is 100 Å². The maximum atomic E-state index is 14.1. The summed E-state index contributed by atoms with van der Waals surface area (Å²) in [6.45, 7) is 5.78. The highest BCUT2D eigenvalue weighted by atomic mass is 16.2. The minimum Gasteiger partial charge on any atom is -0.339 e. The summed E-state index contributed by atoms with van der Waals surface area (Å²) in [6.07, 6.45) is 2.37. The Labute approximate surface area is 240 Å². The fourth-order valence-corrected chi connectivity index (χ4v) is 6.61. The number of amides is 1. The molecule has 0 unspecified atom stereocenters. The van der Waals surface area contributed by atoms with Crippen LogP contribution in [0.25, 0.3) is 11.0 Å². The molecule has 2 fully saturated rings. The number of aryl methyl sites for hydroxylation is 2. The van der Waals surface area contributed by atoms with E-state index in [0.717, 1.165) is 61.2 Å². The van der Waals surface area contributed by atoms with Gasteiger partial charge in [0.1, 0.15) is 5.54 Å². The van der Waals surface area contributed by atoms with E-state index in [-0.39, 0.29) is 17.4 Å². The molecule has 1 spiro atoms. The topological polar surface area (TPSA) is 70.8 Å². The zero-order valence-corrected chi connectivity index (χ0v) is 23.8. The summed E-state index contributed by atoms with van der Waals surface area (Å²) in [5.41, 5.74) is 4.07. The minimum atomic E-state index is -0.581. The number of rotatable bonds is 8. The summed E-state index contributed by atoms with van der Waals surface area (Å²) >= 11 is 0. The zero-order chi connectivity index (χ0) is 28.6. The molecule has 0 atom stereocenters. The number of fused-ring (bicyclic) bond motifs is 1. The van der Waals surface area contributed by atoms with Crippen molar-refractivity contribution in [2.75, 3.05) is 31.2 Å². The van der Waals surface area contributed by atoms with E-state index in [0.29, 0.717) is 25.3 Å². The van der Waals surface area contributed by atoms with Gasteiger partial charge >= 0.3 is 5.69 Å². The molecule has 8 nitrogen and oxygen atoms in total. The predicted molar refractivity (Wildman–Crippen MR) is 161 cm³/mol. The summed E-state index contributed by atoms with van der Waals surface area (Å²) in [5, 5.41) is 0. The SMILES string of the molecule is CC(=O)c1cccc(CN2CN(c3ccccc3)C3(CCN(CCCn4c(=O)n(C)c5ccccc54)CC3)C2=O)c1. The lowest BCUT2D eigenvalue weighted by Gasteiger charge is -2.43. The van der Waals surface area contributed by atoms with E-state index in [1.165, 1.54) is 0 Å². The molecule has 2 aliphatic rings. The van der Waals surface area contributed by atoms with Gasteiger partial charge in [-0.2, -0.15) is 0 Å². The van der Waals surface area contributed by atoms with Crippen LogP contribution in [0.2, 0.25) is 0 Å². The van der Waals surface area contributed by atoms with Gasteiger partial charge in [0, 0.05) is 44.5 Å². The average molecular weight is 552 g/mol. The number of nitrogens with zero attached hydrogens (tertiary/aromatic N) is 5. The van der Waals surface area contributed by atoms with Crippen molar-refractivity contribution in [3.8, 4) is 0 Å². The van der Waals surface area contributed by atoms with Crippen LogP contribution in [0.4, 0.5) is 5.69 Å². The highest BCUT2D eigenvalue weighted by molar-refractivity contribution is 5.95. The van der Waals surface area contributed by atoms with Crippen LogP contribution in [-0.2, 0) is 24.9 Å². The second-order valence-electron chi connectivity index (χ2n) is 11.4. The van der Waals surface area contributed by atoms with Crippen molar-refractivity contribution in [2.45, 2.75) is 44.8 Å². The lowest BCUT2D eigenvalue weighted by atomic mass is 9.85. The number of anilines is 1. The van der Waals surface area contributed by atoms with Gasteiger partial charge in [0.2, 0.25) is 5.91 Å². The maximum Gasteiger partial charge on any atom is 0.328 e. The van der Waals surface area contributed by atoms with Crippen molar-refractivity contribution in [1.82, 2.24) is 18.9 Å². The number of benzene rings is 3. The third kappa shape index (κ3) is 4.97. The number of piperidine rings is 1. The van der Waals surface area contributed by atoms with Gasteiger partial charge in [-0.05, 0) is 68.6 Å². The zero-order valence-electron chi connectivity index (χ0n) is 23.8. The molecule has 212 valence electrons. The molecule has 0 aliphatic carbocycles. The molecule has 0 N–H and O–H groups in total. The van der Waals surface area contributed by atoms with Gasteiger partial charge in [0.05, 0.1) is 17.7 Å². The predicted octanol–water partition coefficient (Wildman–Crippen LogP) is 4.27. The quantitative estimate of drug-likeness (QED) is 0.306. The van der Waals surface area contributed by atoms with Crippen LogP contribution in [-0.4, -0.2) is 62.5 Å². The first-order valence-electron chi connectivity index (χ1n) is 14.5. The smallest absolute Gasteiger partial charge is 0.328 e. The fraction of sp³-hybridized carbons (Fsp3) is 0.364. The van der Waals surface area contributed by atoms with Crippen molar-refractivity contribution in [2.24, 2.45) is 7.05 Å². The Kier molecular flexibility index (Phi) is 7.26. The van der Waals surface area contributed by atoms with Crippen LogP contribution < -0.4 is 10.6 Å². The first-order chi connectivity index (χ1) is 19.9. The molecule has 0 radical (unpaired) electrons. The Bertz CT molecular complexity index is 1630. The minimum absolute atomic E-state index is 0.0211. The Morgan fingerprint density at radius 1 is 0.854 bits per heavy atom. The Balaban J connectivity index is 1.15. The Hall–Kier alpha value is -4.17. The average Bonchev–Trinajstić information content (AvgIpc) is 3.40. The van der Waals surface area contributed by atoms with Gasteiger partial charge in [-0.15, -0.1) is 0 Å². The van der Waals surface area contributed by atoms with Crippen LogP contribution in [0, 0.1) is 0 Å². The van der Waals surface area contributed by atoms with E-state index in [1.807, 2.05) is 83.2 Å². The Morgan fingerprint density at radius 3 is 2.29 bits per heavy atom. The number of carbonyl (C=O) groups excluding carboxylic acids is 2. The molecule has 41 heavy (non-hydrogen) atoms. The molecular formula is C33H37N5O3. The summed E-state index contributed by atoms with van der Waals surface area (Å²) in [5.74, 6) is 0.191. The molecule has 1 aromatic heterocycles. The van der Waals surface area contributed by atoms with Crippen molar-refractivity contribution >= 4 is 28.4 Å². The first kappa shape index (κ1) is 27.0. The number of para-hydroxylation sites is 3. The third-order valence-corrected chi connectivity index (χ3v) is 8.88. The highest BCUT2D eigenvalue weighted by Crippen LogP contribution is 2.40. The standard InChI is InChI=1S/C33H37N5O3/c1-25(39)27-11-8-10-26(22-27)23-36-24-38(28-12-4-3-5-13-28)33(31(36)40)16-20-35(21-17-33)18-9-19-37-30-15-7-6-14-29(30)34(2)32(37)41/h3-8,10-15,22H,9,16-21,23-24H2,1-2H3. The van der Waals surface area contributed by atoms with E-state index < -0.39 is 5.54 Å². The van der Waals surface area contributed by atoms with E-state index in [4.69, 9.17) is 0 Å². The van der Waals surface area contributed by atoms with Gasteiger partial charge in [-0.3, -0.25) is 18.7 Å². The molecule has 0 saturated carbocycles. The maximum absolute atomic E-state index is 14.1. The molecule has 2 saturated heterocycles. The molecule has 3 heterocycles. The lowest BCUT2D eigenvalue weighted by molar-refractivity contribution is -0.134. The number of Topliss-reactive ketones (excluding diaryl/α,β-unsaturated/α-hetero) is 1. The van der Waals surface area contributed by atoms with E-state index in [2.05, 4.69) is 21.9 Å². The summed E-state index contributed by atoms with van der Waals surface area (Å²) in [4.78, 5) is 45.5. The summed E-state index contributed by atoms with van der Waals surface area (Å²) in [6, 6.07) is 25.8. The molecule has 3 aromatic carbocycles. The first-order valence-corrected chi connectivity index (χ1v) is 14.5. The third-order valence-electron chi connectivity index (χ3n) is 8.88. The lowest BCUT2D eigenvalue weighted by Crippen LogP contribution is -2.56. The van der Waals surface area contributed by atoms with E-state index >= 15 is 0 Å². The summed E-state index contributed by atoms with van der Waals surface area (Å²) in [7, 11) is 1.83. The number of likely N-dealkylation sites (tertiary alicyclic amines) is 1. The van der Waals surface area contributed by atoms with E-state index in [1.54, 1.807) is 11.5 Å². The van der Waals surface area contributed by atoms with Crippen LogP contribution >= 0.6 is 0 Å². The molecular weight excluding hydrogens is 514 g/mol. The number of hydrogen-bond acceptors (Lipinski definition) is 5. The molecule has 1 amide bonds. The van der Waals surface area contributed by atoms with Gasteiger partial charge in [0.25, 0.3) is 0 Å². The van der Waals surface area contributed by atoms with Crippen molar-refractivity contribution in [3.63, 3.8) is 0 Å². The van der Waals surface area contributed by atoms with Crippen LogP contribution in [0.3, 0.4) is 0 Å². The molecule has 6 rings (SSSR count). The Morgan fingerprint density at radius 2 is 1.56 bits per heavy atom. The highest BCUT2D eigenvalue weighted by Gasteiger charge is 2.53. The van der Waals surface area contributed by atoms with E-state index in [9.17, 15) is 14.4 Å². The van der Waals surface area contributed by atoms with Crippen LogP contribution in [0.1, 0.15) is 42.1 Å². The molecule has 2 aliphatic heterocycles.